The maximum absolute atomic E-state index is 12.6. The highest BCUT2D eigenvalue weighted by atomic mass is 32.2. The summed E-state index contributed by atoms with van der Waals surface area (Å²) in [5.41, 5.74) is 1.19. The van der Waals surface area contributed by atoms with Gasteiger partial charge in [0.15, 0.2) is 5.17 Å². The number of nitrogens with one attached hydrogen (secondary N) is 1. The van der Waals surface area contributed by atoms with Crippen LogP contribution >= 0.6 is 11.8 Å². The molecule has 2 fully saturated rings. The molecule has 0 radical (unpaired) electrons. The van der Waals surface area contributed by atoms with Crippen LogP contribution in [0.1, 0.15) is 25.8 Å². The highest BCUT2D eigenvalue weighted by molar-refractivity contribution is 8.13. The van der Waals surface area contributed by atoms with E-state index in [1.54, 1.807) is 4.90 Å². The van der Waals surface area contributed by atoms with Gasteiger partial charge in [-0.15, -0.1) is 0 Å². The maximum Gasteiger partial charge on any atom is 0.324 e. The number of likely N-dealkylation sites (tertiary alicyclic amines) is 1. The minimum atomic E-state index is -0.105. The Morgan fingerprint density at radius 3 is 3.08 bits per heavy atom. The predicted octanol–water partition coefficient (Wildman–Crippen LogP) is 1.82. The number of amides is 2. The number of hydrogen-bond acceptors (Lipinski definition) is 6. The van der Waals surface area contributed by atoms with Crippen molar-refractivity contribution in [2.75, 3.05) is 19.7 Å². The van der Waals surface area contributed by atoms with Gasteiger partial charge >= 0.3 is 6.03 Å². The number of ether oxygens (including phenoxy) is 1. The number of hydrazone groups is 1. The van der Waals surface area contributed by atoms with Crippen LogP contribution in [0.4, 0.5) is 4.79 Å². The first-order valence-electron chi connectivity index (χ1n) is 9.12. The van der Waals surface area contributed by atoms with Gasteiger partial charge in [0.2, 0.25) is 0 Å². The third kappa shape index (κ3) is 3.12. The Hall–Kier alpha value is -1.93. The van der Waals surface area contributed by atoms with Crippen LogP contribution in [0, 0.1) is 0 Å². The summed E-state index contributed by atoms with van der Waals surface area (Å²) in [6, 6.07) is 6.64. The number of hydrogen-bond donors (Lipinski definition) is 2. The van der Waals surface area contributed by atoms with E-state index in [0.717, 1.165) is 43.2 Å². The van der Waals surface area contributed by atoms with Crippen molar-refractivity contribution in [3.8, 4) is 5.75 Å². The Kier molecular flexibility index (Phi) is 4.71. The van der Waals surface area contributed by atoms with Crippen LogP contribution in [0.3, 0.4) is 0 Å². The summed E-state index contributed by atoms with van der Waals surface area (Å²) < 4.78 is 5.56. The van der Waals surface area contributed by atoms with Gasteiger partial charge in [0.1, 0.15) is 5.75 Å². The van der Waals surface area contributed by atoms with Crippen molar-refractivity contribution in [2.24, 2.45) is 10.9 Å². The summed E-state index contributed by atoms with van der Waals surface area (Å²) in [7, 11) is 0. The molecule has 2 atom stereocenters. The molecule has 0 bridgehead atoms. The second-order valence-corrected chi connectivity index (χ2v) is 8.29. The van der Waals surface area contributed by atoms with Gasteiger partial charge in [-0.2, -0.15) is 5.10 Å². The van der Waals surface area contributed by atoms with E-state index < -0.39 is 0 Å². The van der Waals surface area contributed by atoms with Crippen molar-refractivity contribution in [2.45, 2.75) is 49.7 Å². The van der Waals surface area contributed by atoms with Crippen LogP contribution in [-0.2, 0) is 6.42 Å². The minimum Gasteiger partial charge on any atom is -0.493 e. The zero-order chi connectivity index (χ0) is 18.3. The molecule has 2 saturated heterocycles. The Labute approximate surface area is 157 Å². The lowest BCUT2D eigenvalue weighted by Crippen LogP contribution is -2.54. The van der Waals surface area contributed by atoms with Crippen molar-refractivity contribution in [3.63, 3.8) is 0 Å². The molecule has 0 spiro atoms. The van der Waals surface area contributed by atoms with E-state index in [2.05, 4.69) is 35.2 Å². The van der Waals surface area contributed by atoms with Gasteiger partial charge in [-0.3, -0.25) is 9.80 Å². The smallest absolute Gasteiger partial charge is 0.324 e. The van der Waals surface area contributed by atoms with E-state index in [4.69, 9.17) is 10.6 Å². The molecule has 3 aliphatic rings. The van der Waals surface area contributed by atoms with Gasteiger partial charge < -0.3 is 15.9 Å². The molecule has 8 heteroatoms. The molecule has 0 aliphatic carbocycles. The molecule has 7 nitrogen and oxygen atoms in total. The van der Waals surface area contributed by atoms with Crippen LogP contribution < -0.4 is 15.9 Å². The number of thioether (sulfide) groups is 1. The molecule has 1 aromatic carbocycles. The van der Waals surface area contributed by atoms with Gasteiger partial charge in [0.05, 0.1) is 18.7 Å². The van der Waals surface area contributed by atoms with Crippen molar-refractivity contribution < 1.29 is 9.53 Å². The fourth-order valence-corrected chi connectivity index (χ4v) is 4.85. The van der Waals surface area contributed by atoms with Crippen LogP contribution in [-0.4, -0.2) is 58.8 Å². The molecular weight excluding hydrogens is 350 g/mol. The number of benzene rings is 1. The lowest BCUT2D eigenvalue weighted by molar-refractivity contribution is 0.131. The summed E-state index contributed by atoms with van der Waals surface area (Å²) in [6.07, 6.45) is 1.86. The fraction of sp³-hybridized carbons (Fsp3) is 0.556. The van der Waals surface area contributed by atoms with E-state index in [9.17, 15) is 4.79 Å². The fourth-order valence-electron chi connectivity index (χ4n) is 3.93. The zero-order valence-corrected chi connectivity index (χ0v) is 16.0. The third-order valence-electron chi connectivity index (χ3n) is 5.39. The summed E-state index contributed by atoms with van der Waals surface area (Å²) in [6.45, 7) is 6.94. The van der Waals surface area contributed by atoms with Crippen LogP contribution in [0.5, 0.6) is 5.75 Å². The number of carbonyl (C=O) groups is 1. The SMILES string of the molecule is CC(C)N1CCC2NC(=O)N(/C(=N/N)Sc3ccc4c(c3)CCO4)C2C1. The van der Waals surface area contributed by atoms with E-state index in [1.165, 1.54) is 17.3 Å². The van der Waals surface area contributed by atoms with E-state index in [-0.39, 0.29) is 18.1 Å². The number of piperidine rings is 1. The average molecular weight is 375 g/mol. The standard InChI is InChI=1S/C18H25N5O2S/c1-11(2)22-7-5-14-15(10-22)23(17(24)20-14)18(21-19)26-13-3-4-16-12(9-13)6-8-25-16/h3-4,9,11,14-15H,5-8,10,19H2,1-2H3,(H,20,24)/b21-18-. The molecule has 3 aliphatic heterocycles. The topological polar surface area (TPSA) is 83.2 Å². The first-order valence-corrected chi connectivity index (χ1v) is 9.93. The van der Waals surface area contributed by atoms with Gasteiger partial charge in [-0.1, -0.05) is 0 Å². The van der Waals surface area contributed by atoms with Crippen molar-refractivity contribution in [1.29, 1.82) is 0 Å². The number of nitrogens with two attached hydrogens (primary N) is 1. The number of urea groups is 1. The van der Waals surface area contributed by atoms with Crippen LogP contribution in [0.2, 0.25) is 0 Å². The lowest BCUT2D eigenvalue weighted by atomic mass is 9.99. The summed E-state index contributed by atoms with van der Waals surface area (Å²) in [4.78, 5) is 17.8. The number of amidine groups is 1. The van der Waals surface area contributed by atoms with Gasteiger partial charge in [0.25, 0.3) is 0 Å². The third-order valence-corrected chi connectivity index (χ3v) is 6.36. The van der Waals surface area contributed by atoms with Gasteiger partial charge in [0, 0.05) is 30.4 Å². The van der Waals surface area contributed by atoms with E-state index in [1.807, 2.05) is 12.1 Å². The molecular formula is C18H25N5O2S. The number of rotatable bonds is 2. The number of carbonyl (C=O) groups excluding carboxylic acids is 1. The molecule has 1 aromatic rings. The van der Waals surface area contributed by atoms with Crippen LogP contribution in [0.15, 0.2) is 28.2 Å². The number of nitrogens with zero attached hydrogens (tertiary/aromatic N) is 3. The summed E-state index contributed by atoms with van der Waals surface area (Å²) in [5, 5.41) is 7.60. The molecule has 2 amide bonds. The first-order chi connectivity index (χ1) is 12.6. The van der Waals surface area contributed by atoms with E-state index >= 15 is 0 Å². The van der Waals surface area contributed by atoms with E-state index in [0.29, 0.717) is 11.2 Å². The highest BCUT2D eigenvalue weighted by Gasteiger charge is 2.45. The molecule has 0 saturated carbocycles. The number of fused-ring (bicyclic) bond motifs is 2. The maximum atomic E-state index is 12.6. The van der Waals surface area contributed by atoms with Crippen molar-refractivity contribution in [1.82, 2.24) is 15.1 Å². The average Bonchev–Trinajstić information content (AvgIpc) is 3.22. The Bertz CT molecular complexity index is 738. The normalized spacial score (nSPS) is 25.9. The lowest BCUT2D eigenvalue weighted by Gasteiger charge is -2.39. The van der Waals surface area contributed by atoms with Gasteiger partial charge in [-0.25, -0.2) is 4.79 Å². The quantitative estimate of drug-likeness (QED) is 0.271. The zero-order valence-electron chi connectivity index (χ0n) is 15.1. The largest absolute Gasteiger partial charge is 0.493 e. The van der Waals surface area contributed by atoms with Crippen molar-refractivity contribution in [3.05, 3.63) is 23.8 Å². The second-order valence-electron chi connectivity index (χ2n) is 7.25. The van der Waals surface area contributed by atoms with Crippen molar-refractivity contribution >= 4 is 23.0 Å². The highest BCUT2D eigenvalue weighted by Crippen LogP contribution is 2.33. The molecule has 4 rings (SSSR count). The molecule has 3 N–H and O–H groups in total. The second kappa shape index (κ2) is 7.00. The predicted molar refractivity (Wildman–Crippen MR) is 102 cm³/mol. The molecule has 3 heterocycles. The molecule has 0 aromatic heterocycles. The van der Waals surface area contributed by atoms with Gasteiger partial charge in [-0.05, 0) is 55.8 Å². The Morgan fingerprint density at radius 2 is 2.31 bits per heavy atom. The van der Waals surface area contributed by atoms with Crippen LogP contribution in [0.25, 0.3) is 0 Å². The Balaban J connectivity index is 1.54. The summed E-state index contributed by atoms with van der Waals surface area (Å²) >= 11 is 1.44. The monoisotopic (exact) mass is 375 g/mol. The molecule has 2 unspecified atom stereocenters. The Morgan fingerprint density at radius 1 is 1.46 bits per heavy atom. The molecule has 140 valence electrons. The first kappa shape index (κ1) is 17.5. The minimum absolute atomic E-state index is 0.0613. The summed E-state index contributed by atoms with van der Waals surface area (Å²) in [5.74, 6) is 6.64. The molecule has 26 heavy (non-hydrogen) atoms.